The van der Waals surface area contributed by atoms with Gasteiger partial charge in [-0.2, -0.15) is 0 Å². The monoisotopic (exact) mass is 277 g/mol. The summed E-state index contributed by atoms with van der Waals surface area (Å²) in [5.74, 6) is -1.70. The Bertz CT molecular complexity index is 632. The topological polar surface area (TPSA) is 54.0 Å². The first-order chi connectivity index (χ1) is 9.61. The number of aromatic nitrogens is 1. The van der Waals surface area contributed by atoms with Crippen molar-refractivity contribution < 1.29 is 13.6 Å². The molecule has 0 aliphatic heterocycles. The van der Waals surface area contributed by atoms with Crippen LogP contribution in [0.25, 0.3) is 0 Å². The Kier molecular flexibility index (Phi) is 4.24. The maximum Gasteiger partial charge on any atom is 0.253 e. The number of pyridine rings is 1. The molecule has 2 N–H and O–H groups in total. The molecular weight excluding hydrogens is 264 g/mol. The highest BCUT2D eigenvalue weighted by Crippen LogP contribution is 2.13. The minimum absolute atomic E-state index is 0.0174. The van der Waals surface area contributed by atoms with Gasteiger partial charge in [-0.3, -0.25) is 9.78 Å². The summed E-state index contributed by atoms with van der Waals surface area (Å²) in [4.78, 5) is 15.9. The van der Waals surface area contributed by atoms with Gasteiger partial charge in [0, 0.05) is 31.4 Å². The van der Waals surface area contributed by atoms with Crippen LogP contribution in [0.1, 0.15) is 15.9 Å². The van der Waals surface area contributed by atoms with Crippen LogP contribution in [0.15, 0.2) is 36.7 Å². The molecule has 1 amide bonds. The van der Waals surface area contributed by atoms with E-state index >= 15 is 0 Å². The Labute approximate surface area is 114 Å². The normalized spacial score (nSPS) is 10.2. The molecule has 1 aromatic carbocycles. The molecule has 1 aromatic heterocycles. The van der Waals surface area contributed by atoms with Crippen LogP contribution in [0.5, 0.6) is 0 Å². The Hall–Kier alpha value is -2.50. The third kappa shape index (κ3) is 3.09. The van der Waals surface area contributed by atoms with E-state index in [1.165, 1.54) is 18.5 Å². The van der Waals surface area contributed by atoms with Crippen molar-refractivity contribution >= 4 is 11.6 Å². The number of anilines is 1. The lowest BCUT2D eigenvalue weighted by Crippen LogP contribution is -2.24. The summed E-state index contributed by atoms with van der Waals surface area (Å²) < 4.78 is 26.2. The number of nitrogens with zero attached hydrogens (tertiary/aromatic N) is 1. The van der Waals surface area contributed by atoms with Crippen molar-refractivity contribution in [3.8, 4) is 0 Å². The number of rotatable bonds is 4. The maximum atomic E-state index is 13.4. The molecule has 2 aromatic rings. The zero-order valence-electron chi connectivity index (χ0n) is 10.8. The van der Waals surface area contributed by atoms with E-state index in [0.29, 0.717) is 11.3 Å². The molecule has 0 aliphatic rings. The average molecular weight is 277 g/mol. The van der Waals surface area contributed by atoms with Crippen molar-refractivity contribution in [1.82, 2.24) is 10.3 Å². The van der Waals surface area contributed by atoms with E-state index in [9.17, 15) is 13.6 Å². The van der Waals surface area contributed by atoms with Crippen LogP contribution in [0.4, 0.5) is 14.5 Å². The number of carbonyl (C=O) groups is 1. The van der Waals surface area contributed by atoms with Crippen LogP contribution >= 0.6 is 0 Å². The van der Waals surface area contributed by atoms with E-state index in [1.807, 2.05) is 0 Å². The predicted octanol–water partition coefficient (Wildman–Crippen LogP) is 2.33. The molecule has 104 valence electrons. The Morgan fingerprint density at radius 3 is 2.80 bits per heavy atom. The predicted molar refractivity (Wildman–Crippen MR) is 71.3 cm³/mol. The van der Waals surface area contributed by atoms with E-state index in [4.69, 9.17) is 0 Å². The summed E-state index contributed by atoms with van der Waals surface area (Å²) >= 11 is 0. The fourth-order valence-corrected chi connectivity index (χ4v) is 1.73. The highest BCUT2D eigenvalue weighted by molar-refractivity contribution is 5.99. The van der Waals surface area contributed by atoms with Crippen LogP contribution < -0.4 is 10.6 Å². The summed E-state index contributed by atoms with van der Waals surface area (Å²) in [5, 5.41) is 5.43. The second kappa shape index (κ2) is 6.10. The van der Waals surface area contributed by atoms with Crippen molar-refractivity contribution in [1.29, 1.82) is 0 Å². The molecule has 4 nitrogen and oxygen atoms in total. The number of benzene rings is 1. The van der Waals surface area contributed by atoms with Gasteiger partial charge in [-0.1, -0.05) is 6.07 Å². The van der Waals surface area contributed by atoms with Gasteiger partial charge in [-0.15, -0.1) is 0 Å². The molecule has 0 radical (unpaired) electrons. The lowest BCUT2D eigenvalue weighted by Gasteiger charge is -2.09. The molecule has 0 unspecified atom stereocenters. The summed E-state index contributed by atoms with van der Waals surface area (Å²) in [6.07, 6.45) is 3.02. The van der Waals surface area contributed by atoms with Gasteiger partial charge in [-0.05, 0) is 12.1 Å². The number of hydrogen-bond acceptors (Lipinski definition) is 3. The number of amides is 1. The Balaban J connectivity index is 2.09. The molecule has 6 heteroatoms. The first-order valence-corrected chi connectivity index (χ1v) is 5.95. The van der Waals surface area contributed by atoms with Crippen molar-refractivity contribution in [2.45, 2.75) is 6.54 Å². The average Bonchev–Trinajstić information content (AvgIpc) is 2.46. The molecule has 0 saturated heterocycles. The van der Waals surface area contributed by atoms with Crippen molar-refractivity contribution in [2.75, 3.05) is 12.4 Å². The van der Waals surface area contributed by atoms with Gasteiger partial charge in [0.1, 0.15) is 11.6 Å². The Morgan fingerprint density at radius 2 is 2.10 bits per heavy atom. The first kappa shape index (κ1) is 13.9. The molecule has 0 saturated carbocycles. The number of hydrogen-bond donors (Lipinski definition) is 2. The molecule has 0 bridgehead atoms. The zero-order valence-corrected chi connectivity index (χ0v) is 10.8. The van der Waals surface area contributed by atoms with Crippen LogP contribution in [-0.4, -0.2) is 17.9 Å². The molecular formula is C14H13F2N3O. The third-order valence-corrected chi connectivity index (χ3v) is 2.79. The summed E-state index contributed by atoms with van der Waals surface area (Å²) in [6, 6.07) is 4.79. The quantitative estimate of drug-likeness (QED) is 0.902. The van der Waals surface area contributed by atoms with Gasteiger partial charge >= 0.3 is 0 Å². The van der Waals surface area contributed by atoms with E-state index in [2.05, 4.69) is 15.6 Å². The lowest BCUT2D eigenvalue weighted by atomic mass is 10.2. The molecule has 1 heterocycles. The van der Waals surface area contributed by atoms with Gasteiger partial charge in [0.15, 0.2) is 0 Å². The van der Waals surface area contributed by atoms with Crippen LogP contribution in [-0.2, 0) is 6.54 Å². The smallest absolute Gasteiger partial charge is 0.253 e. The molecule has 0 spiro atoms. The van der Waals surface area contributed by atoms with Gasteiger partial charge in [0.2, 0.25) is 0 Å². The minimum Gasteiger partial charge on any atom is -0.386 e. The third-order valence-electron chi connectivity index (χ3n) is 2.79. The number of halogens is 2. The standard InChI is InChI=1S/C14H13F2N3O/c1-17-13-8-18-5-4-11(13)14(20)19-7-9-2-3-10(15)6-12(9)16/h2-6,8,17H,7H2,1H3,(H,19,20). The van der Waals surface area contributed by atoms with Crippen molar-refractivity contribution in [3.63, 3.8) is 0 Å². The summed E-state index contributed by atoms with van der Waals surface area (Å²) in [7, 11) is 1.67. The van der Waals surface area contributed by atoms with Crippen molar-refractivity contribution in [2.24, 2.45) is 0 Å². The zero-order chi connectivity index (χ0) is 14.5. The van der Waals surface area contributed by atoms with Crippen molar-refractivity contribution in [3.05, 3.63) is 59.4 Å². The highest BCUT2D eigenvalue weighted by Gasteiger charge is 2.11. The summed E-state index contributed by atoms with van der Waals surface area (Å²) in [6.45, 7) is -0.0174. The minimum atomic E-state index is -0.686. The summed E-state index contributed by atoms with van der Waals surface area (Å²) in [5.41, 5.74) is 1.20. The van der Waals surface area contributed by atoms with Gasteiger partial charge in [0.25, 0.3) is 5.91 Å². The fraction of sp³-hybridized carbons (Fsp3) is 0.143. The van der Waals surface area contributed by atoms with E-state index < -0.39 is 11.6 Å². The van der Waals surface area contributed by atoms with Gasteiger partial charge in [0.05, 0.1) is 17.4 Å². The molecule has 2 rings (SSSR count). The second-order valence-electron chi connectivity index (χ2n) is 4.09. The molecule has 0 atom stereocenters. The highest BCUT2D eigenvalue weighted by atomic mass is 19.1. The van der Waals surface area contributed by atoms with E-state index in [-0.39, 0.29) is 18.0 Å². The van der Waals surface area contributed by atoms with Crippen LogP contribution in [0.3, 0.4) is 0 Å². The first-order valence-electron chi connectivity index (χ1n) is 5.95. The SMILES string of the molecule is CNc1cnccc1C(=O)NCc1ccc(F)cc1F. The fourth-order valence-electron chi connectivity index (χ4n) is 1.73. The van der Waals surface area contributed by atoms with Crippen LogP contribution in [0, 0.1) is 11.6 Å². The largest absolute Gasteiger partial charge is 0.386 e. The van der Waals surface area contributed by atoms with Gasteiger partial charge < -0.3 is 10.6 Å². The van der Waals surface area contributed by atoms with E-state index in [1.54, 1.807) is 13.1 Å². The van der Waals surface area contributed by atoms with Gasteiger partial charge in [-0.25, -0.2) is 8.78 Å². The number of carbonyl (C=O) groups excluding carboxylic acids is 1. The Morgan fingerprint density at radius 1 is 1.30 bits per heavy atom. The molecule has 20 heavy (non-hydrogen) atoms. The molecule has 0 aliphatic carbocycles. The lowest BCUT2D eigenvalue weighted by molar-refractivity contribution is 0.0951. The van der Waals surface area contributed by atoms with Crippen LogP contribution in [0.2, 0.25) is 0 Å². The molecule has 0 fully saturated rings. The second-order valence-corrected chi connectivity index (χ2v) is 4.09. The van der Waals surface area contributed by atoms with E-state index in [0.717, 1.165) is 12.1 Å². The maximum absolute atomic E-state index is 13.4. The number of nitrogens with one attached hydrogen (secondary N) is 2.